The molecule has 3 aromatic rings. The molecule has 140 valence electrons. The smallest absolute Gasteiger partial charge is 0.267 e. The van der Waals surface area contributed by atoms with Gasteiger partial charge in [-0.2, -0.15) is 5.10 Å². The molecule has 27 heavy (non-hydrogen) atoms. The van der Waals surface area contributed by atoms with Gasteiger partial charge in [-0.15, -0.1) is 0 Å². The highest BCUT2D eigenvalue weighted by Crippen LogP contribution is 2.24. The summed E-state index contributed by atoms with van der Waals surface area (Å²) in [7, 11) is 1.88. The van der Waals surface area contributed by atoms with Gasteiger partial charge in [0.1, 0.15) is 5.69 Å². The molecule has 1 aliphatic heterocycles. The number of hydrogen-bond donors (Lipinski definition) is 1. The maximum absolute atomic E-state index is 12.3. The van der Waals surface area contributed by atoms with Crippen LogP contribution in [0.5, 0.6) is 0 Å². The minimum atomic E-state index is -0.0346. The first-order valence-electron chi connectivity index (χ1n) is 9.24. The summed E-state index contributed by atoms with van der Waals surface area (Å²) in [5.74, 6) is -0.0346. The van der Waals surface area contributed by atoms with Crippen molar-refractivity contribution in [2.24, 2.45) is 7.05 Å². The van der Waals surface area contributed by atoms with Gasteiger partial charge in [-0.05, 0) is 42.3 Å². The van der Waals surface area contributed by atoms with Crippen LogP contribution in [0.3, 0.4) is 0 Å². The number of pyridine rings is 1. The third kappa shape index (κ3) is 3.93. The van der Waals surface area contributed by atoms with Crippen molar-refractivity contribution in [3.05, 3.63) is 72.1 Å². The number of aryl methyl sites for hydroxylation is 1. The first-order chi connectivity index (χ1) is 13.2. The summed E-state index contributed by atoms with van der Waals surface area (Å²) in [6.45, 7) is 3.31. The van der Waals surface area contributed by atoms with Gasteiger partial charge in [0.15, 0.2) is 0 Å². The standard InChI is InChI=1S/C20H24N6O/c1-24-12-2-3-19(24)20(27)22-10-6-17-14-25(13-16-4-8-21-9-5-16)15-18-7-11-23-26(17)18/h2-5,7-9,11-12,17H,6,10,13-15H2,1H3,(H,22,27). The molecule has 3 aromatic heterocycles. The molecule has 0 fully saturated rings. The van der Waals surface area contributed by atoms with E-state index in [2.05, 4.69) is 43.2 Å². The van der Waals surface area contributed by atoms with E-state index in [0.717, 1.165) is 26.1 Å². The molecule has 7 heteroatoms. The zero-order valence-electron chi connectivity index (χ0n) is 15.5. The van der Waals surface area contributed by atoms with Gasteiger partial charge in [0.05, 0.1) is 11.7 Å². The van der Waals surface area contributed by atoms with Crippen molar-refractivity contribution in [3.8, 4) is 0 Å². The fourth-order valence-corrected chi connectivity index (χ4v) is 3.68. The predicted molar refractivity (Wildman–Crippen MR) is 102 cm³/mol. The molecule has 0 spiro atoms. The molecule has 0 saturated heterocycles. The summed E-state index contributed by atoms with van der Waals surface area (Å²) in [5, 5.41) is 7.54. The zero-order valence-corrected chi connectivity index (χ0v) is 15.5. The van der Waals surface area contributed by atoms with Crippen LogP contribution in [0.1, 0.15) is 34.2 Å². The molecule has 1 unspecified atom stereocenters. The average Bonchev–Trinajstić information content (AvgIpc) is 3.31. The second kappa shape index (κ2) is 7.75. The lowest BCUT2D eigenvalue weighted by molar-refractivity contribution is 0.0939. The van der Waals surface area contributed by atoms with Crippen LogP contribution in [0.15, 0.2) is 55.1 Å². The number of fused-ring (bicyclic) bond motifs is 1. The quantitative estimate of drug-likeness (QED) is 0.726. The molecule has 0 saturated carbocycles. The molecular weight excluding hydrogens is 340 g/mol. The van der Waals surface area contributed by atoms with Crippen LogP contribution in [0, 0.1) is 0 Å². The van der Waals surface area contributed by atoms with E-state index in [4.69, 9.17) is 0 Å². The monoisotopic (exact) mass is 364 g/mol. The van der Waals surface area contributed by atoms with Gasteiger partial charge in [0, 0.05) is 58.0 Å². The van der Waals surface area contributed by atoms with E-state index in [1.54, 1.807) is 0 Å². The zero-order chi connectivity index (χ0) is 18.6. The Hall–Kier alpha value is -2.93. The Morgan fingerprint density at radius 3 is 2.85 bits per heavy atom. The SMILES string of the molecule is Cn1cccc1C(=O)NCCC1CN(Cc2ccncc2)Cc2ccnn21. The molecule has 0 aromatic carbocycles. The van der Waals surface area contributed by atoms with Crippen LogP contribution in [0.2, 0.25) is 0 Å². The maximum atomic E-state index is 12.3. The van der Waals surface area contributed by atoms with Crippen LogP contribution >= 0.6 is 0 Å². The van der Waals surface area contributed by atoms with Crippen molar-refractivity contribution in [3.63, 3.8) is 0 Å². The number of carbonyl (C=O) groups is 1. The van der Waals surface area contributed by atoms with Crippen molar-refractivity contribution in [2.45, 2.75) is 25.6 Å². The molecule has 1 amide bonds. The Kier molecular flexibility index (Phi) is 5.02. The van der Waals surface area contributed by atoms with Crippen molar-refractivity contribution in [1.82, 2.24) is 29.5 Å². The molecule has 1 N–H and O–H groups in total. The first kappa shape index (κ1) is 17.5. The Morgan fingerprint density at radius 1 is 1.22 bits per heavy atom. The van der Waals surface area contributed by atoms with Crippen molar-refractivity contribution in [2.75, 3.05) is 13.1 Å². The van der Waals surface area contributed by atoms with E-state index in [9.17, 15) is 4.79 Å². The predicted octanol–water partition coefficient (Wildman–Crippen LogP) is 1.99. The number of carbonyl (C=O) groups excluding carboxylic acids is 1. The highest BCUT2D eigenvalue weighted by Gasteiger charge is 2.25. The van der Waals surface area contributed by atoms with E-state index >= 15 is 0 Å². The number of nitrogens with zero attached hydrogens (tertiary/aromatic N) is 5. The number of rotatable bonds is 6. The largest absolute Gasteiger partial charge is 0.351 e. The maximum Gasteiger partial charge on any atom is 0.267 e. The van der Waals surface area contributed by atoms with Crippen LogP contribution in [-0.4, -0.2) is 43.2 Å². The van der Waals surface area contributed by atoms with E-state index in [1.807, 2.05) is 48.5 Å². The van der Waals surface area contributed by atoms with Crippen molar-refractivity contribution in [1.29, 1.82) is 0 Å². The number of aromatic nitrogens is 4. The highest BCUT2D eigenvalue weighted by molar-refractivity contribution is 5.92. The summed E-state index contributed by atoms with van der Waals surface area (Å²) < 4.78 is 3.94. The summed E-state index contributed by atoms with van der Waals surface area (Å²) in [6, 6.07) is 10.1. The third-order valence-electron chi connectivity index (χ3n) is 5.05. The molecule has 0 aliphatic carbocycles. The second-order valence-corrected chi connectivity index (χ2v) is 6.99. The van der Waals surface area contributed by atoms with Crippen molar-refractivity contribution >= 4 is 5.91 Å². The minimum absolute atomic E-state index is 0.0346. The van der Waals surface area contributed by atoms with Gasteiger partial charge in [0.25, 0.3) is 5.91 Å². The van der Waals surface area contributed by atoms with Gasteiger partial charge in [-0.1, -0.05) is 0 Å². The van der Waals surface area contributed by atoms with Gasteiger partial charge in [-0.3, -0.25) is 19.4 Å². The lowest BCUT2D eigenvalue weighted by atomic mass is 10.1. The summed E-state index contributed by atoms with van der Waals surface area (Å²) >= 11 is 0. The molecule has 0 radical (unpaired) electrons. The molecule has 4 rings (SSSR count). The van der Waals surface area contributed by atoms with Crippen LogP contribution in [-0.2, 0) is 20.1 Å². The molecular formula is C20H24N6O. The molecule has 4 heterocycles. The normalized spacial score (nSPS) is 16.9. The topological polar surface area (TPSA) is 68.0 Å². The lowest BCUT2D eigenvalue weighted by Gasteiger charge is -2.34. The van der Waals surface area contributed by atoms with Crippen LogP contribution < -0.4 is 5.32 Å². The van der Waals surface area contributed by atoms with Gasteiger partial charge < -0.3 is 9.88 Å². The fraction of sp³-hybridized carbons (Fsp3) is 0.350. The highest BCUT2D eigenvalue weighted by atomic mass is 16.1. The Balaban J connectivity index is 1.38. The molecule has 0 bridgehead atoms. The van der Waals surface area contributed by atoms with Gasteiger partial charge >= 0.3 is 0 Å². The van der Waals surface area contributed by atoms with Gasteiger partial charge in [0.2, 0.25) is 0 Å². The van der Waals surface area contributed by atoms with Crippen molar-refractivity contribution < 1.29 is 4.79 Å². The van der Waals surface area contributed by atoms with E-state index in [-0.39, 0.29) is 11.9 Å². The third-order valence-corrected chi connectivity index (χ3v) is 5.05. The minimum Gasteiger partial charge on any atom is -0.351 e. The number of hydrogen-bond acceptors (Lipinski definition) is 4. The van der Waals surface area contributed by atoms with E-state index < -0.39 is 0 Å². The second-order valence-electron chi connectivity index (χ2n) is 6.99. The Morgan fingerprint density at radius 2 is 2.07 bits per heavy atom. The van der Waals surface area contributed by atoms with Gasteiger partial charge in [-0.25, -0.2) is 0 Å². The fourth-order valence-electron chi connectivity index (χ4n) is 3.68. The number of nitrogens with one attached hydrogen (secondary N) is 1. The Bertz CT molecular complexity index is 900. The average molecular weight is 364 g/mol. The van der Waals surface area contributed by atoms with E-state index in [0.29, 0.717) is 12.2 Å². The molecule has 1 atom stereocenters. The lowest BCUT2D eigenvalue weighted by Crippen LogP contribution is -2.39. The number of amides is 1. The molecule has 7 nitrogen and oxygen atoms in total. The molecule has 1 aliphatic rings. The van der Waals surface area contributed by atoms with Crippen LogP contribution in [0.25, 0.3) is 0 Å². The summed E-state index contributed by atoms with van der Waals surface area (Å²) in [6.07, 6.45) is 8.25. The van der Waals surface area contributed by atoms with Crippen LogP contribution in [0.4, 0.5) is 0 Å². The van der Waals surface area contributed by atoms with E-state index in [1.165, 1.54) is 11.3 Å². The Labute approximate surface area is 158 Å². The summed E-state index contributed by atoms with van der Waals surface area (Å²) in [4.78, 5) is 18.8. The first-order valence-corrected chi connectivity index (χ1v) is 9.24. The summed E-state index contributed by atoms with van der Waals surface area (Å²) in [5.41, 5.74) is 3.15.